The van der Waals surface area contributed by atoms with Gasteiger partial charge in [0.05, 0.1) is 211 Å². The molecule has 0 aliphatic carbocycles. The van der Waals surface area contributed by atoms with Gasteiger partial charge in [-0.05, 0) is 6.42 Å². The predicted molar refractivity (Wildman–Crippen MR) is 200 cm³/mol. The first-order chi connectivity index (χ1) is 27.2. The van der Waals surface area contributed by atoms with Gasteiger partial charge in [0.2, 0.25) is 0 Å². The van der Waals surface area contributed by atoms with Crippen LogP contribution in [-0.2, 0) is 80.6 Å². The minimum absolute atomic E-state index is 0.0203. The smallest absolute Gasteiger partial charge is 0.308 e. The molecule has 0 bridgehead atoms. The summed E-state index contributed by atoms with van der Waals surface area (Å²) in [5, 5.41) is 8.59. The Balaban J connectivity index is 3.08. The van der Waals surface area contributed by atoms with Gasteiger partial charge in [-0.1, -0.05) is 13.8 Å². The first-order valence-electron chi connectivity index (χ1n) is 19.7. The molecule has 0 saturated heterocycles. The Morgan fingerprint density at radius 1 is 0.327 bits per heavy atom. The Kier molecular flexibility index (Phi) is 47.9. The van der Waals surface area contributed by atoms with Gasteiger partial charge in [-0.25, -0.2) is 0 Å². The van der Waals surface area contributed by atoms with E-state index >= 15 is 0 Å². The average molecular weight is 807 g/mol. The normalized spacial score (nSPS) is 12.1. The summed E-state index contributed by atoms with van der Waals surface area (Å²) < 4.78 is 86.5. The Morgan fingerprint density at radius 3 is 0.655 bits per heavy atom. The van der Waals surface area contributed by atoms with Gasteiger partial charge in [-0.3, -0.25) is 4.79 Å². The molecule has 0 aromatic rings. The number of aliphatic hydroxyl groups is 1. The fourth-order valence-corrected chi connectivity index (χ4v) is 3.76. The Labute approximate surface area is 329 Å². The maximum atomic E-state index is 11.5. The molecule has 0 aromatic carbocycles. The maximum Gasteiger partial charge on any atom is 0.308 e. The molecule has 18 heteroatoms. The molecule has 55 heavy (non-hydrogen) atoms. The van der Waals surface area contributed by atoms with Crippen LogP contribution in [0.4, 0.5) is 0 Å². The highest BCUT2D eigenvalue weighted by atomic mass is 16.6. The van der Waals surface area contributed by atoms with Crippen molar-refractivity contribution in [2.75, 3.05) is 211 Å². The van der Waals surface area contributed by atoms with Crippen molar-refractivity contribution in [3.05, 3.63) is 0 Å². The average Bonchev–Trinajstić information content (AvgIpc) is 3.20. The van der Waals surface area contributed by atoms with Crippen LogP contribution in [0.3, 0.4) is 0 Å². The van der Waals surface area contributed by atoms with Gasteiger partial charge in [0.25, 0.3) is 0 Å². The van der Waals surface area contributed by atoms with E-state index in [2.05, 4.69) is 0 Å². The highest BCUT2D eigenvalue weighted by Crippen LogP contribution is 2.02. The first kappa shape index (κ1) is 53.8. The van der Waals surface area contributed by atoms with Crippen molar-refractivity contribution in [1.82, 2.24) is 0 Å². The fraction of sp³-hybridized carbons (Fsp3) is 0.973. The van der Waals surface area contributed by atoms with Gasteiger partial charge in [-0.2, -0.15) is 0 Å². The molecule has 330 valence electrons. The van der Waals surface area contributed by atoms with Gasteiger partial charge in [-0.15, -0.1) is 0 Å². The molecule has 18 nitrogen and oxygen atoms in total. The Hall–Kier alpha value is -1.17. The quantitative estimate of drug-likeness (QED) is 0.0673. The fourth-order valence-electron chi connectivity index (χ4n) is 3.76. The molecule has 0 aliphatic heterocycles. The van der Waals surface area contributed by atoms with E-state index in [1.807, 2.05) is 13.8 Å². The number of ether oxygens (including phenoxy) is 16. The molecule has 0 radical (unpaired) electrons. The number of esters is 1. The van der Waals surface area contributed by atoms with Gasteiger partial charge < -0.3 is 80.9 Å². The zero-order valence-corrected chi connectivity index (χ0v) is 33.8. The standard InChI is InChI=1S/C37H74O18/c1-3-36(2)37(39)55-35-34-54-33-32-53-31-30-52-29-28-51-27-26-50-25-24-49-23-22-48-21-20-47-19-18-46-17-16-45-15-14-44-13-12-43-11-10-42-9-8-41-7-6-40-5-4-38/h36,38H,3-35H2,1-2H3. The summed E-state index contributed by atoms with van der Waals surface area (Å²) in [6, 6.07) is 0. The molecule has 0 amide bonds. The Bertz CT molecular complexity index is 726. The number of aliphatic hydroxyl groups excluding tert-OH is 1. The van der Waals surface area contributed by atoms with E-state index in [1.165, 1.54) is 0 Å². The summed E-state index contributed by atoms with van der Waals surface area (Å²) in [7, 11) is 0. The van der Waals surface area contributed by atoms with Crippen molar-refractivity contribution in [3.8, 4) is 0 Å². The van der Waals surface area contributed by atoms with Crippen LogP contribution in [0.2, 0.25) is 0 Å². The molecular formula is C37H74O18. The SMILES string of the molecule is CCC(C)C(=O)OCCOCCOCCOCCOCCOCCOCCOCCOCCOCCOCCOCCOCCOCCOCCOCCO. The van der Waals surface area contributed by atoms with Crippen molar-refractivity contribution in [2.45, 2.75) is 20.3 Å². The second-order valence-corrected chi connectivity index (χ2v) is 11.4. The molecule has 1 unspecified atom stereocenters. The minimum Gasteiger partial charge on any atom is -0.463 e. The van der Waals surface area contributed by atoms with Gasteiger partial charge in [0.15, 0.2) is 0 Å². The molecule has 0 heterocycles. The van der Waals surface area contributed by atoms with Crippen LogP contribution in [-0.4, -0.2) is 222 Å². The van der Waals surface area contributed by atoms with Crippen LogP contribution < -0.4 is 0 Å². The van der Waals surface area contributed by atoms with Crippen LogP contribution in [0.5, 0.6) is 0 Å². The lowest BCUT2D eigenvalue weighted by Gasteiger charge is -2.10. The largest absolute Gasteiger partial charge is 0.463 e. The molecule has 0 spiro atoms. The molecule has 0 fully saturated rings. The number of rotatable bonds is 49. The molecule has 0 saturated carbocycles. The third kappa shape index (κ3) is 47.1. The monoisotopic (exact) mass is 806 g/mol. The first-order valence-corrected chi connectivity index (χ1v) is 19.7. The summed E-state index contributed by atoms with van der Waals surface area (Å²) in [5.41, 5.74) is 0. The molecule has 1 atom stereocenters. The topological polar surface area (TPSA) is 185 Å². The van der Waals surface area contributed by atoms with E-state index in [-0.39, 0.29) is 25.1 Å². The summed E-state index contributed by atoms with van der Waals surface area (Å²) in [6.45, 7) is 18.4. The van der Waals surface area contributed by atoms with Crippen LogP contribution in [0.15, 0.2) is 0 Å². The second kappa shape index (κ2) is 49.0. The van der Waals surface area contributed by atoms with E-state index in [1.54, 1.807) is 0 Å². The Morgan fingerprint density at radius 2 is 0.491 bits per heavy atom. The number of hydrogen-bond acceptors (Lipinski definition) is 18. The zero-order valence-electron chi connectivity index (χ0n) is 33.8. The van der Waals surface area contributed by atoms with E-state index < -0.39 is 0 Å². The predicted octanol–water partition coefficient (Wildman–Crippen LogP) is 0.817. The van der Waals surface area contributed by atoms with E-state index in [0.29, 0.717) is 198 Å². The summed E-state index contributed by atoms with van der Waals surface area (Å²) in [4.78, 5) is 11.5. The summed E-state index contributed by atoms with van der Waals surface area (Å²) in [5.74, 6) is -0.266. The molecule has 1 N–H and O–H groups in total. The van der Waals surface area contributed by atoms with E-state index in [0.717, 1.165) is 6.42 Å². The number of hydrogen-bond donors (Lipinski definition) is 1. The van der Waals surface area contributed by atoms with Gasteiger partial charge in [0, 0.05) is 0 Å². The molecular weight excluding hydrogens is 732 g/mol. The zero-order chi connectivity index (χ0) is 39.8. The van der Waals surface area contributed by atoms with Crippen molar-refractivity contribution in [1.29, 1.82) is 0 Å². The summed E-state index contributed by atoms with van der Waals surface area (Å²) >= 11 is 0. The third-order valence-corrected chi connectivity index (χ3v) is 6.93. The molecule has 0 aliphatic rings. The van der Waals surface area contributed by atoms with Gasteiger partial charge >= 0.3 is 5.97 Å². The van der Waals surface area contributed by atoms with Crippen molar-refractivity contribution in [2.24, 2.45) is 5.92 Å². The lowest BCUT2D eigenvalue weighted by Crippen LogP contribution is -2.18. The van der Waals surface area contributed by atoms with Crippen LogP contribution >= 0.6 is 0 Å². The van der Waals surface area contributed by atoms with E-state index in [9.17, 15) is 4.79 Å². The van der Waals surface area contributed by atoms with E-state index in [4.69, 9.17) is 80.9 Å². The third-order valence-electron chi connectivity index (χ3n) is 6.93. The highest BCUT2D eigenvalue weighted by molar-refractivity contribution is 5.71. The number of carbonyl (C=O) groups excluding carboxylic acids is 1. The number of carbonyl (C=O) groups is 1. The van der Waals surface area contributed by atoms with Crippen molar-refractivity contribution in [3.63, 3.8) is 0 Å². The van der Waals surface area contributed by atoms with Crippen LogP contribution in [0.25, 0.3) is 0 Å². The summed E-state index contributed by atoms with van der Waals surface area (Å²) in [6.07, 6.45) is 0.767. The second-order valence-electron chi connectivity index (χ2n) is 11.4. The van der Waals surface area contributed by atoms with Gasteiger partial charge in [0.1, 0.15) is 6.61 Å². The van der Waals surface area contributed by atoms with Crippen LogP contribution in [0, 0.1) is 5.92 Å². The maximum absolute atomic E-state index is 11.5. The van der Waals surface area contributed by atoms with Crippen LogP contribution in [0.1, 0.15) is 20.3 Å². The molecule has 0 aromatic heterocycles. The molecule has 0 rings (SSSR count). The van der Waals surface area contributed by atoms with Crippen molar-refractivity contribution >= 4 is 5.97 Å². The highest BCUT2D eigenvalue weighted by Gasteiger charge is 2.11. The minimum atomic E-state index is -0.187. The lowest BCUT2D eigenvalue weighted by atomic mass is 10.1. The lowest BCUT2D eigenvalue weighted by molar-refractivity contribution is -0.149. The van der Waals surface area contributed by atoms with Crippen molar-refractivity contribution < 1.29 is 85.7 Å².